The van der Waals surface area contributed by atoms with Gasteiger partial charge in [0.1, 0.15) is 18.1 Å². The molecule has 1 fully saturated rings. The Morgan fingerprint density at radius 1 is 1.29 bits per heavy atom. The van der Waals surface area contributed by atoms with Crippen molar-refractivity contribution in [3.05, 3.63) is 24.3 Å². The Kier molecular flexibility index (Phi) is 4.26. The molecule has 2 rings (SSSR count). The molecule has 1 saturated carbocycles. The molecule has 1 aliphatic carbocycles. The van der Waals surface area contributed by atoms with E-state index in [4.69, 9.17) is 9.47 Å². The lowest BCUT2D eigenvalue weighted by Crippen LogP contribution is -2.33. The van der Waals surface area contributed by atoms with Gasteiger partial charge < -0.3 is 14.8 Å². The lowest BCUT2D eigenvalue weighted by Gasteiger charge is -2.16. The van der Waals surface area contributed by atoms with Crippen LogP contribution in [0.3, 0.4) is 0 Å². The van der Waals surface area contributed by atoms with Crippen LogP contribution in [0.5, 0.6) is 11.5 Å². The molecule has 0 bridgehead atoms. The van der Waals surface area contributed by atoms with Crippen molar-refractivity contribution >= 4 is 0 Å². The van der Waals surface area contributed by atoms with Crippen LogP contribution in [0.1, 0.15) is 19.8 Å². The third-order valence-corrected chi connectivity index (χ3v) is 3.11. The summed E-state index contributed by atoms with van der Waals surface area (Å²) in [7, 11) is 2.00. The molecule has 0 radical (unpaired) electrons. The minimum atomic E-state index is 0.478. The third-order valence-electron chi connectivity index (χ3n) is 3.11. The zero-order valence-electron chi connectivity index (χ0n) is 10.6. The van der Waals surface area contributed by atoms with Gasteiger partial charge in [-0.1, -0.05) is 6.07 Å². The van der Waals surface area contributed by atoms with Crippen LogP contribution in [0.2, 0.25) is 0 Å². The standard InChI is InChI=1S/C14H21NO2/c1-3-16-12-5-4-6-13(9-12)17-10-14(15-2)11-7-8-11/h4-6,9,11,14-15H,3,7-8,10H2,1-2H3. The molecule has 17 heavy (non-hydrogen) atoms. The maximum absolute atomic E-state index is 5.80. The second-order valence-corrected chi connectivity index (χ2v) is 4.45. The van der Waals surface area contributed by atoms with Crippen LogP contribution in [0.15, 0.2) is 24.3 Å². The van der Waals surface area contributed by atoms with Gasteiger partial charge in [0.25, 0.3) is 0 Å². The number of hydrogen-bond acceptors (Lipinski definition) is 3. The molecular formula is C14H21NO2. The van der Waals surface area contributed by atoms with Gasteiger partial charge in [0.2, 0.25) is 0 Å². The van der Waals surface area contributed by atoms with E-state index >= 15 is 0 Å². The van der Waals surface area contributed by atoms with E-state index in [2.05, 4.69) is 5.32 Å². The quantitative estimate of drug-likeness (QED) is 0.787. The van der Waals surface area contributed by atoms with E-state index in [1.165, 1.54) is 12.8 Å². The van der Waals surface area contributed by atoms with Gasteiger partial charge in [-0.25, -0.2) is 0 Å². The molecule has 1 aliphatic rings. The van der Waals surface area contributed by atoms with Gasteiger partial charge in [-0.15, -0.1) is 0 Å². The number of rotatable bonds is 7. The fourth-order valence-corrected chi connectivity index (χ4v) is 1.96. The maximum Gasteiger partial charge on any atom is 0.123 e. The normalized spacial score (nSPS) is 16.6. The van der Waals surface area contributed by atoms with Gasteiger partial charge in [-0.2, -0.15) is 0 Å². The Balaban J connectivity index is 1.86. The number of ether oxygens (including phenoxy) is 2. The summed E-state index contributed by atoms with van der Waals surface area (Å²) in [5, 5.41) is 3.32. The summed E-state index contributed by atoms with van der Waals surface area (Å²) in [6, 6.07) is 8.31. The molecule has 0 heterocycles. The second-order valence-electron chi connectivity index (χ2n) is 4.45. The van der Waals surface area contributed by atoms with E-state index in [9.17, 15) is 0 Å². The van der Waals surface area contributed by atoms with Crippen LogP contribution in [-0.4, -0.2) is 26.3 Å². The van der Waals surface area contributed by atoms with E-state index in [1.807, 2.05) is 38.2 Å². The Hall–Kier alpha value is -1.22. The summed E-state index contributed by atoms with van der Waals surface area (Å²) in [6.07, 6.45) is 2.65. The Bertz CT molecular complexity index is 350. The topological polar surface area (TPSA) is 30.5 Å². The summed E-state index contributed by atoms with van der Waals surface area (Å²) in [6.45, 7) is 3.40. The first-order valence-corrected chi connectivity index (χ1v) is 6.36. The molecule has 1 aromatic carbocycles. The Morgan fingerprint density at radius 3 is 2.59 bits per heavy atom. The van der Waals surface area contributed by atoms with Crippen molar-refractivity contribution in [3.63, 3.8) is 0 Å². The zero-order valence-corrected chi connectivity index (χ0v) is 10.6. The molecule has 1 aromatic rings. The average molecular weight is 235 g/mol. The highest BCUT2D eigenvalue weighted by molar-refractivity contribution is 5.32. The largest absolute Gasteiger partial charge is 0.494 e. The molecule has 1 atom stereocenters. The van der Waals surface area contributed by atoms with Crippen LogP contribution >= 0.6 is 0 Å². The minimum Gasteiger partial charge on any atom is -0.494 e. The highest BCUT2D eigenvalue weighted by Crippen LogP contribution is 2.32. The third kappa shape index (κ3) is 3.63. The summed E-state index contributed by atoms with van der Waals surface area (Å²) in [4.78, 5) is 0. The number of nitrogens with one attached hydrogen (secondary N) is 1. The molecule has 0 aliphatic heterocycles. The van der Waals surface area contributed by atoms with Gasteiger partial charge in [-0.05, 0) is 44.9 Å². The van der Waals surface area contributed by atoms with E-state index in [-0.39, 0.29) is 0 Å². The lowest BCUT2D eigenvalue weighted by atomic mass is 10.2. The smallest absolute Gasteiger partial charge is 0.123 e. The van der Waals surface area contributed by atoms with Crippen molar-refractivity contribution in [2.24, 2.45) is 5.92 Å². The molecule has 0 amide bonds. The fourth-order valence-electron chi connectivity index (χ4n) is 1.96. The van der Waals surface area contributed by atoms with E-state index < -0.39 is 0 Å². The van der Waals surface area contributed by atoms with Crippen LogP contribution in [0.25, 0.3) is 0 Å². The first kappa shape index (κ1) is 12.2. The van der Waals surface area contributed by atoms with Gasteiger partial charge in [-0.3, -0.25) is 0 Å². The molecule has 94 valence electrons. The first-order valence-electron chi connectivity index (χ1n) is 6.36. The van der Waals surface area contributed by atoms with Crippen molar-refractivity contribution in [2.45, 2.75) is 25.8 Å². The van der Waals surface area contributed by atoms with E-state index in [0.29, 0.717) is 12.6 Å². The summed E-state index contributed by atoms with van der Waals surface area (Å²) in [5.41, 5.74) is 0. The van der Waals surface area contributed by atoms with Gasteiger partial charge in [0.15, 0.2) is 0 Å². The van der Waals surface area contributed by atoms with Crippen molar-refractivity contribution in [1.82, 2.24) is 5.32 Å². The Labute approximate surface area is 103 Å². The Morgan fingerprint density at radius 2 is 2.00 bits per heavy atom. The highest BCUT2D eigenvalue weighted by Gasteiger charge is 2.30. The number of likely N-dealkylation sites (N-methyl/N-ethyl adjacent to an activating group) is 1. The predicted octanol–water partition coefficient (Wildman–Crippen LogP) is 2.46. The van der Waals surface area contributed by atoms with Crippen molar-refractivity contribution in [2.75, 3.05) is 20.3 Å². The number of hydrogen-bond donors (Lipinski definition) is 1. The van der Waals surface area contributed by atoms with Gasteiger partial charge >= 0.3 is 0 Å². The van der Waals surface area contributed by atoms with Crippen molar-refractivity contribution in [3.8, 4) is 11.5 Å². The predicted molar refractivity (Wildman–Crippen MR) is 68.7 cm³/mol. The monoisotopic (exact) mass is 235 g/mol. The van der Waals surface area contributed by atoms with Crippen LogP contribution < -0.4 is 14.8 Å². The summed E-state index contributed by atoms with van der Waals surface area (Å²) in [5.74, 6) is 2.56. The summed E-state index contributed by atoms with van der Waals surface area (Å²) >= 11 is 0. The lowest BCUT2D eigenvalue weighted by molar-refractivity contribution is 0.254. The molecule has 0 saturated heterocycles. The minimum absolute atomic E-state index is 0.478. The van der Waals surface area contributed by atoms with Crippen molar-refractivity contribution < 1.29 is 9.47 Å². The van der Waals surface area contributed by atoms with Gasteiger partial charge in [0.05, 0.1) is 6.61 Å². The summed E-state index contributed by atoms with van der Waals surface area (Å²) < 4.78 is 11.2. The van der Waals surface area contributed by atoms with Crippen LogP contribution in [0.4, 0.5) is 0 Å². The van der Waals surface area contributed by atoms with Crippen LogP contribution in [0, 0.1) is 5.92 Å². The van der Waals surface area contributed by atoms with Crippen LogP contribution in [-0.2, 0) is 0 Å². The zero-order chi connectivity index (χ0) is 12.1. The molecule has 1 N–H and O–H groups in total. The van der Waals surface area contributed by atoms with E-state index in [1.54, 1.807) is 0 Å². The first-order chi connectivity index (χ1) is 8.33. The molecule has 1 unspecified atom stereocenters. The molecule has 0 aromatic heterocycles. The molecule has 3 nitrogen and oxygen atoms in total. The SMILES string of the molecule is CCOc1cccc(OCC(NC)C2CC2)c1. The second kappa shape index (κ2) is 5.92. The highest BCUT2D eigenvalue weighted by atomic mass is 16.5. The van der Waals surface area contributed by atoms with Gasteiger partial charge in [0, 0.05) is 12.1 Å². The van der Waals surface area contributed by atoms with E-state index in [0.717, 1.165) is 24.0 Å². The molecule has 3 heteroatoms. The maximum atomic E-state index is 5.80. The number of benzene rings is 1. The average Bonchev–Trinajstić information content (AvgIpc) is 3.15. The molecule has 0 spiro atoms. The van der Waals surface area contributed by atoms with Crippen molar-refractivity contribution in [1.29, 1.82) is 0 Å². The molecular weight excluding hydrogens is 214 g/mol. The fraction of sp³-hybridized carbons (Fsp3) is 0.571.